The fourth-order valence-electron chi connectivity index (χ4n) is 4.77. The highest BCUT2D eigenvalue weighted by atomic mass is 16.2. The van der Waals surface area contributed by atoms with Crippen molar-refractivity contribution in [1.82, 2.24) is 14.9 Å². The number of para-hydroxylation sites is 1. The Balaban J connectivity index is 1.30. The smallest absolute Gasteiger partial charge is 0.243 e. The minimum Gasteiger partial charge on any atom is -0.354 e. The number of benzene rings is 1. The summed E-state index contributed by atoms with van der Waals surface area (Å²) in [6.07, 6.45) is 5.66. The van der Waals surface area contributed by atoms with Gasteiger partial charge in [-0.25, -0.2) is 4.98 Å². The van der Waals surface area contributed by atoms with E-state index in [2.05, 4.69) is 64.0 Å². The van der Waals surface area contributed by atoms with Gasteiger partial charge in [0, 0.05) is 45.5 Å². The van der Waals surface area contributed by atoms with Gasteiger partial charge < -0.3 is 4.90 Å². The van der Waals surface area contributed by atoms with Crippen LogP contribution in [0.4, 0.5) is 11.5 Å². The molecule has 6 heteroatoms. The number of aryl methyl sites for hydroxylation is 1. The molecule has 0 aliphatic carbocycles. The average molecular weight is 422 g/mol. The van der Waals surface area contributed by atoms with Crippen LogP contribution in [-0.4, -0.2) is 66.1 Å². The van der Waals surface area contributed by atoms with Gasteiger partial charge in [-0.2, -0.15) is 0 Å². The lowest BCUT2D eigenvalue weighted by Crippen LogP contribution is -2.48. The van der Waals surface area contributed by atoms with Crippen molar-refractivity contribution in [2.75, 3.05) is 49.2 Å². The summed E-state index contributed by atoms with van der Waals surface area (Å²) in [4.78, 5) is 22.2. The predicted octanol–water partition coefficient (Wildman–Crippen LogP) is 3.72. The summed E-state index contributed by atoms with van der Waals surface area (Å²) in [5.41, 5.74) is 2.39. The first-order valence-corrected chi connectivity index (χ1v) is 11.7. The molecule has 4 rings (SSSR count). The van der Waals surface area contributed by atoms with Gasteiger partial charge >= 0.3 is 0 Å². The second-order valence-corrected chi connectivity index (χ2v) is 8.72. The lowest BCUT2D eigenvalue weighted by Gasteiger charge is -2.37. The molecule has 0 radical (unpaired) electrons. The summed E-state index contributed by atoms with van der Waals surface area (Å²) in [6.45, 7) is 10.2. The van der Waals surface area contributed by atoms with Gasteiger partial charge in [0.25, 0.3) is 0 Å². The van der Waals surface area contributed by atoms with Crippen LogP contribution >= 0.6 is 0 Å². The number of hydrogen-bond donors (Lipinski definition) is 0. The molecule has 2 aromatic rings. The number of carbonyl (C=O) groups is 1. The maximum Gasteiger partial charge on any atom is 0.243 e. The summed E-state index contributed by atoms with van der Waals surface area (Å²) in [5.74, 6) is 1.35. The molecular weight excluding hydrogens is 386 g/mol. The fourth-order valence-corrected chi connectivity index (χ4v) is 4.77. The monoisotopic (exact) mass is 421 g/mol. The fraction of sp³-hybridized carbons (Fsp3) is 0.520. The van der Waals surface area contributed by atoms with Gasteiger partial charge in [-0.1, -0.05) is 31.5 Å². The molecule has 2 aliphatic rings. The molecule has 2 saturated heterocycles. The number of pyridine rings is 1. The summed E-state index contributed by atoms with van der Waals surface area (Å²) >= 11 is 0. The summed E-state index contributed by atoms with van der Waals surface area (Å²) in [5, 5.41) is 4.26. The molecule has 0 spiro atoms. The van der Waals surface area contributed by atoms with Gasteiger partial charge in [0.1, 0.15) is 5.82 Å². The Hall–Kier alpha value is -2.60. The maximum absolute atomic E-state index is 12.8. The van der Waals surface area contributed by atoms with Crippen LogP contribution in [0.25, 0.3) is 0 Å². The minimum atomic E-state index is 0.262. The Kier molecular flexibility index (Phi) is 7.07. The zero-order chi connectivity index (χ0) is 21.6. The van der Waals surface area contributed by atoms with E-state index < -0.39 is 0 Å². The van der Waals surface area contributed by atoms with Gasteiger partial charge in [0.15, 0.2) is 0 Å². The number of hydrogen-bond acceptors (Lipinski definition) is 5. The van der Waals surface area contributed by atoms with E-state index >= 15 is 0 Å². The topological polar surface area (TPSA) is 42.9 Å². The zero-order valence-corrected chi connectivity index (χ0v) is 18.9. The van der Waals surface area contributed by atoms with Crippen molar-refractivity contribution in [3.8, 4) is 0 Å². The van der Waals surface area contributed by atoms with E-state index in [1.807, 2.05) is 23.3 Å². The molecular formula is C25H35N5O. The van der Waals surface area contributed by atoms with Gasteiger partial charge in [-0.05, 0) is 49.6 Å². The van der Waals surface area contributed by atoms with Crippen LogP contribution in [0.3, 0.4) is 0 Å². The number of hydrazine groups is 1. The van der Waals surface area contributed by atoms with E-state index in [0.717, 1.165) is 70.0 Å². The van der Waals surface area contributed by atoms with Crippen LogP contribution in [0, 0.1) is 6.92 Å². The zero-order valence-electron chi connectivity index (χ0n) is 18.9. The van der Waals surface area contributed by atoms with E-state index in [1.54, 1.807) is 0 Å². The van der Waals surface area contributed by atoms with E-state index in [4.69, 9.17) is 0 Å². The molecule has 31 heavy (non-hydrogen) atoms. The molecule has 2 aliphatic heterocycles. The van der Waals surface area contributed by atoms with Gasteiger partial charge in [-0.3, -0.25) is 19.7 Å². The second-order valence-electron chi connectivity index (χ2n) is 8.72. The quantitative estimate of drug-likeness (QED) is 0.650. The molecule has 6 nitrogen and oxygen atoms in total. The molecule has 3 heterocycles. The normalized spacial score (nSPS) is 20.0. The van der Waals surface area contributed by atoms with Crippen molar-refractivity contribution in [2.45, 2.75) is 45.6 Å². The summed E-state index contributed by atoms with van der Waals surface area (Å²) in [6, 6.07) is 14.9. The van der Waals surface area contributed by atoms with Crippen molar-refractivity contribution in [3.63, 3.8) is 0 Å². The molecule has 1 atom stereocenters. The first kappa shape index (κ1) is 21.6. The van der Waals surface area contributed by atoms with Crippen molar-refractivity contribution in [2.24, 2.45) is 0 Å². The number of carbonyl (C=O) groups excluding carboxylic acids is 1. The first-order chi connectivity index (χ1) is 15.2. The maximum atomic E-state index is 12.8. The Morgan fingerprint density at radius 1 is 1.03 bits per heavy atom. The molecule has 1 aromatic carbocycles. The van der Waals surface area contributed by atoms with E-state index in [9.17, 15) is 4.79 Å². The Bertz CT molecular complexity index is 850. The first-order valence-electron chi connectivity index (χ1n) is 11.7. The minimum absolute atomic E-state index is 0.262. The van der Waals surface area contributed by atoms with Crippen LogP contribution in [0.15, 0.2) is 48.7 Å². The van der Waals surface area contributed by atoms with Crippen molar-refractivity contribution >= 4 is 17.4 Å². The van der Waals surface area contributed by atoms with Crippen LogP contribution in [0.1, 0.15) is 38.2 Å². The molecule has 1 unspecified atom stereocenters. The Morgan fingerprint density at radius 2 is 1.81 bits per heavy atom. The largest absolute Gasteiger partial charge is 0.354 e. The highest BCUT2D eigenvalue weighted by Crippen LogP contribution is 2.30. The molecule has 0 N–H and O–H groups in total. The second kappa shape index (κ2) is 10.1. The standard InChI is InChI=1S/C25H35N5O/c1-3-8-23-20-25(31)29(30(23)22-9-5-4-6-10-22)14-7-13-27-15-17-28(18-16-27)24-19-21(2)11-12-26-24/h4-6,9-12,19,23H,3,7-8,13-18,20H2,1-2H3. The van der Waals surface area contributed by atoms with Crippen molar-refractivity contribution < 1.29 is 4.79 Å². The molecule has 0 bridgehead atoms. The van der Waals surface area contributed by atoms with Crippen molar-refractivity contribution in [1.29, 1.82) is 0 Å². The third-order valence-corrected chi connectivity index (χ3v) is 6.39. The Labute approximate surface area is 186 Å². The SMILES string of the molecule is CCCC1CC(=O)N(CCCN2CCN(c3cc(C)ccn3)CC2)N1c1ccccc1. The third-order valence-electron chi connectivity index (χ3n) is 6.39. The lowest BCUT2D eigenvalue weighted by molar-refractivity contribution is -0.128. The van der Waals surface area contributed by atoms with E-state index in [1.165, 1.54) is 5.56 Å². The van der Waals surface area contributed by atoms with E-state index in [-0.39, 0.29) is 11.9 Å². The third kappa shape index (κ3) is 5.18. The molecule has 166 valence electrons. The number of aromatic nitrogens is 1. The molecule has 1 amide bonds. The highest BCUT2D eigenvalue weighted by molar-refractivity contribution is 5.82. The number of anilines is 2. The average Bonchev–Trinajstić information content (AvgIpc) is 3.10. The van der Waals surface area contributed by atoms with Crippen molar-refractivity contribution in [3.05, 3.63) is 54.2 Å². The molecule has 1 aromatic heterocycles. The molecule has 0 saturated carbocycles. The summed E-state index contributed by atoms with van der Waals surface area (Å²) < 4.78 is 0. The van der Waals surface area contributed by atoms with Crippen LogP contribution in [-0.2, 0) is 4.79 Å². The Morgan fingerprint density at radius 3 is 2.52 bits per heavy atom. The van der Waals surface area contributed by atoms with Gasteiger partial charge in [-0.15, -0.1) is 0 Å². The number of amides is 1. The lowest BCUT2D eigenvalue weighted by atomic mass is 10.1. The van der Waals surface area contributed by atoms with E-state index in [0.29, 0.717) is 6.42 Å². The predicted molar refractivity (Wildman–Crippen MR) is 126 cm³/mol. The number of nitrogens with zero attached hydrogens (tertiary/aromatic N) is 5. The van der Waals surface area contributed by atoms with Gasteiger partial charge in [0.05, 0.1) is 18.2 Å². The van der Waals surface area contributed by atoms with Crippen LogP contribution < -0.4 is 9.91 Å². The van der Waals surface area contributed by atoms with Gasteiger partial charge in [0.2, 0.25) is 5.91 Å². The highest BCUT2D eigenvalue weighted by Gasteiger charge is 2.37. The molecule has 2 fully saturated rings. The number of piperazine rings is 1. The van der Waals surface area contributed by atoms with Crippen LogP contribution in [0.2, 0.25) is 0 Å². The van der Waals surface area contributed by atoms with Crippen LogP contribution in [0.5, 0.6) is 0 Å². The number of rotatable bonds is 8. The summed E-state index contributed by atoms with van der Waals surface area (Å²) in [7, 11) is 0.